The second kappa shape index (κ2) is 6.93. The molecule has 3 N–H and O–H groups in total. The Hall–Kier alpha value is -4.47. The third-order valence-corrected chi connectivity index (χ3v) is 4.40. The SMILES string of the molecule is O=C(Nc1ncnc2nc[nH]c12)c1cccc(-c2ccccc2-c2nn[nH]n2)c1. The number of nitrogens with zero attached hydrogens (tertiary/aromatic N) is 6. The highest BCUT2D eigenvalue weighted by Crippen LogP contribution is 2.30. The molecule has 0 aliphatic rings. The number of tetrazole rings is 1. The lowest BCUT2D eigenvalue weighted by Gasteiger charge is -2.09. The molecule has 0 atom stereocenters. The third kappa shape index (κ3) is 3.08. The number of hydrogen-bond donors (Lipinski definition) is 3. The Labute approximate surface area is 163 Å². The maximum Gasteiger partial charge on any atom is 0.256 e. The van der Waals surface area contributed by atoms with Crippen LogP contribution in [0.3, 0.4) is 0 Å². The minimum Gasteiger partial charge on any atom is -0.340 e. The lowest BCUT2D eigenvalue weighted by molar-refractivity contribution is 0.102. The molecule has 3 aromatic heterocycles. The van der Waals surface area contributed by atoms with E-state index in [0.29, 0.717) is 28.4 Å². The van der Waals surface area contributed by atoms with Gasteiger partial charge < -0.3 is 10.3 Å². The van der Waals surface area contributed by atoms with Gasteiger partial charge in [0.25, 0.3) is 5.91 Å². The van der Waals surface area contributed by atoms with Crippen LogP contribution < -0.4 is 5.32 Å². The molecule has 0 bridgehead atoms. The number of carbonyl (C=O) groups excluding carboxylic acids is 1. The zero-order valence-electron chi connectivity index (χ0n) is 14.9. The van der Waals surface area contributed by atoms with Crippen LogP contribution in [0.25, 0.3) is 33.7 Å². The fourth-order valence-corrected chi connectivity index (χ4v) is 3.07. The van der Waals surface area contributed by atoms with Gasteiger partial charge in [0.2, 0.25) is 5.82 Å². The van der Waals surface area contributed by atoms with Crippen LogP contribution in [0.2, 0.25) is 0 Å². The zero-order chi connectivity index (χ0) is 19.6. The summed E-state index contributed by atoms with van der Waals surface area (Å²) in [5.74, 6) is 0.562. The van der Waals surface area contributed by atoms with Crippen molar-refractivity contribution >= 4 is 22.9 Å². The predicted octanol–water partition coefficient (Wildman–Crippen LogP) is 2.45. The number of anilines is 1. The summed E-state index contributed by atoms with van der Waals surface area (Å²) in [6, 6.07) is 15.0. The summed E-state index contributed by atoms with van der Waals surface area (Å²) in [4.78, 5) is 28.0. The Kier molecular flexibility index (Phi) is 3.98. The van der Waals surface area contributed by atoms with Crippen molar-refractivity contribution in [2.75, 3.05) is 5.32 Å². The monoisotopic (exact) mass is 383 g/mol. The van der Waals surface area contributed by atoms with Gasteiger partial charge in [-0.05, 0) is 28.5 Å². The summed E-state index contributed by atoms with van der Waals surface area (Å²) in [6.45, 7) is 0. The number of aromatic amines is 2. The van der Waals surface area contributed by atoms with Crippen LogP contribution in [-0.2, 0) is 0 Å². The van der Waals surface area contributed by atoms with Crippen LogP contribution in [0.4, 0.5) is 5.82 Å². The summed E-state index contributed by atoms with van der Waals surface area (Å²) < 4.78 is 0. The van der Waals surface area contributed by atoms with Crippen molar-refractivity contribution in [2.45, 2.75) is 0 Å². The summed E-state index contributed by atoms with van der Waals surface area (Å²) in [5, 5.41) is 17.0. The van der Waals surface area contributed by atoms with Crippen molar-refractivity contribution in [3.63, 3.8) is 0 Å². The number of H-pyrrole nitrogens is 2. The van der Waals surface area contributed by atoms with Crippen LogP contribution in [0.1, 0.15) is 10.4 Å². The number of benzene rings is 2. The van der Waals surface area contributed by atoms with E-state index >= 15 is 0 Å². The first kappa shape index (κ1) is 16.7. The average molecular weight is 383 g/mol. The molecular formula is C19H13N9O. The summed E-state index contributed by atoms with van der Waals surface area (Å²) in [6.07, 6.45) is 2.86. The molecule has 0 radical (unpaired) electrons. The Morgan fingerprint density at radius 3 is 2.72 bits per heavy atom. The standard InChI is InChI=1S/C19H13N9O/c29-19(24-18-15-17(21-9-20-15)22-10-23-18)12-5-3-4-11(8-12)13-6-1-2-7-14(13)16-25-27-28-26-16/h1-10H,(H,25,26,27,28)(H2,20,21,22,23,24,29). The normalized spacial score (nSPS) is 10.9. The molecule has 3 heterocycles. The minimum absolute atomic E-state index is 0.293. The molecule has 0 aliphatic carbocycles. The fraction of sp³-hybridized carbons (Fsp3) is 0. The molecule has 0 unspecified atom stereocenters. The molecule has 10 heteroatoms. The molecule has 140 valence electrons. The van der Waals surface area contributed by atoms with E-state index in [4.69, 9.17) is 0 Å². The second-order valence-electron chi connectivity index (χ2n) is 6.14. The quantitative estimate of drug-likeness (QED) is 0.433. The van der Waals surface area contributed by atoms with Crippen molar-refractivity contribution in [1.82, 2.24) is 40.6 Å². The Morgan fingerprint density at radius 1 is 0.966 bits per heavy atom. The summed E-state index contributed by atoms with van der Waals surface area (Å²) >= 11 is 0. The van der Waals surface area contributed by atoms with Crippen molar-refractivity contribution in [1.29, 1.82) is 0 Å². The van der Waals surface area contributed by atoms with E-state index in [1.165, 1.54) is 12.7 Å². The predicted molar refractivity (Wildman–Crippen MR) is 105 cm³/mol. The van der Waals surface area contributed by atoms with E-state index in [9.17, 15) is 4.79 Å². The number of fused-ring (bicyclic) bond motifs is 1. The number of nitrogens with one attached hydrogen (secondary N) is 3. The Bertz CT molecular complexity index is 1310. The highest BCUT2D eigenvalue weighted by Gasteiger charge is 2.14. The molecule has 0 aliphatic heterocycles. The van der Waals surface area contributed by atoms with Crippen molar-refractivity contribution in [3.05, 3.63) is 66.7 Å². The van der Waals surface area contributed by atoms with Crippen LogP contribution >= 0.6 is 0 Å². The van der Waals surface area contributed by atoms with Crippen molar-refractivity contribution < 1.29 is 4.79 Å². The van der Waals surface area contributed by atoms with E-state index in [2.05, 4.69) is 45.9 Å². The van der Waals surface area contributed by atoms with Gasteiger partial charge in [-0.3, -0.25) is 4.79 Å². The molecule has 5 rings (SSSR count). The zero-order valence-corrected chi connectivity index (χ0v) is 14.9. The molecule has 5 aromatic rings. The lowest BCUT2D eigenvalue weighted by atomic mass is 9.97. The average Bonchev–Trinajstić information content (AvgIpc) is 3.46. The van der Waals surface area contributed by atoms with E-state index in [-0.39, 0.29) is 5.91 Å². The van der Waals surface area contributed by atoms with Crippen LogP contribution in [0.5, 0.6) is 0 Å². The summed E-state index contributed by atoms with van der Waals surface area (Å²) in [7, 11) is 0. The minimum atomic E-state index is -0.293. The van der Waals surface area contributed by atoms with Crippen molar-refractivity contribution in [2.24, 2.45) is 0 Å². The van der Waals surface area contributed by atoms with E-state index in [1.54, 1.807) is 12.1 Å². The van der Waals surface area contributed by atoms with Crippen molar-refractivity contribution in [3.8, 4) is 22.5 Å². The van der Waals surface area contributed by atoms with Crippen LogP contribution in [-0.4, -0.2) is 46.5 Å². The highest BCUT2D eigenvalue weighted by atomic mass is 16.1. The first-order valence-corrected chi connectivity index (χ1v) is 8.68. The molecule has 0 saturated carbocycles. The lowest BCUT2D eigenvalue weighted by Crippen LogP contribution is -2.13. The molecule has 10 nitrogen and oxygen atoms in total. The van der Waals surface area contributed by atoms with Gasteiger partial charge in [-0.25, -0.2) is 15.0 Å². The number of aromatic nitrogens is 8. The molecule has 0 saturated heterocycles. The van der Waals surface area contributed by atoms with Gasteiger partial charge in [0.15, 0.2) is 11.5 Å². The maximum atomic E-state index is 12.8. The Morgan fingerprint density at radius 2 is 1.86 bits per heavy atom. The fourth-order valence-electron chi connectivity index (χ4n) is 3.07. The molecule has 0 spiro atoms. The van der Waals surface area contributed by atoms with Gasteiger partial charge >= 0.3 is 0 Å². The molecular weight excluding hydrogens is 370 g/mol. The smallest absolute Gasteiger partial charge is 0.256 e. The summed E-state index contributed by atoms with van der Waals surface area (Å²) in [5.41, 5.74) is 4.09. The third-order valence-electron chi connectivity index (χ3n) is 4.40. The largest absolute Gasteiger partial charge is 0.340 e. The van der Waals surface area contributed by atoms with Crippen LogP contribution in [0.15, 0.2) is 61.2 Å². The Balaban J connectivity index is 1.50. The number of carbonyl (C=O) groups is 1. The second-order valence-corrected chi connectivity index (χ2v) is 6.14. The van der Waals surface area contributed by atoms with Gasteiger partial charge in [-0.2, -0.15) is 5.21 Å². The highest BCUT2D eigenvalue weighted by molar-refractivity contribution is 6.07. The first-order chi connectivity index (χ1) is 14.3. The molecule has 29 heavy (non-hydrogen) atoms. The molecule has 1 amide bonds. The van der Waals surface area contributed by atoms with Gasteiger partial charge in [-0.1, -0.05) is 36.4 Å². The number of hydrogen-bond acceptors (Lipinski definition) is 7. The van der Waals surface area contributed by atoms with E-state index < -0.39 is 0 Å². The first-order valence-electron chi connectivity index (χ1n) is 8.68. The van der Waals surface area contributed by atoms with Gasteiger partial charge in [0.05, 0.1) is 6.33 Å². The van der Waals surface area contributed by atoms with Gasteiger partial charge in [0, 0.05) is 11.1 Å². The topological polar surface area (TPSA) is 138 Å². The van der Waals surface area contributed by atoms with E-state index in [0.717, 1.165) is 16.7 Å². The van der Waals surface area contributed by atoms with Gasteiger partial charge in [0.1, 0.15) is 11.8 Å². The molecule has 2 aromatic carbocycles. The maximum absolute atomic E-state index is 12.8. The molecule has 0 fully saturated rings. The van der Waals surface area contributed by atoms with Crippen LogP contribution in [0, 0.1) is 0 Å². The number of imidazole rings is 1. The number of rotatable bonds is 4. The number of amides is 1. The van der Waals surface area contributed by atoms with Gasteiger partial charge in [-0.15, -0.1) is 10.2 Å². The van der Waals surface area contributed by atoms with E-state index in [1.807, 2.05) is 36.4 Å².